The van der Waals surface area contributed by atoms with Gasteiger partial charge in [-0.3, -0.25) is 0 Å². The normalized spacial score (nSPS) is 12.1. The van der Waals surface area contributed by atoms with E-state index in [1.54, 1.807) is 14.0 Å². The zero-order valence-electron chi connectivity index (χ0n) is 10.9. The van der Waals surface area contributed by atoms with Gasteiger partial charge in [0, 0.05) is 25.2 Å². The number of aryl methyl sites for hydroxylation is 1. The summed E-state index contributed by atoms with van der Waals surface area (Å²) in [5.41, 5.74) is 1.98. The van der Waals surface area contributed by atoms with Crippen LogP contribution >= 0.6 is 11.6 Å². The highest BCUT2D eigenvalue weighted by molar-refractivity contribution is 6.31. The Morgan fingerprint density at radius 3 is 2.78 bits per heavy atom. The third-order valence-corrected chi connectivity index (χ3v) is 2.97. The molecule has 0 saturated carbocycles. The summed E-state index contributed by atoms with van der Waals surface area (Å²) >= 11 is 5.93. The molecule has 1 unspecified atom stereocenters. The molecular weight excluding hydrogens is 252 g/mol. The number of aliphatic hydroxyl groups is 1. The summed E-state index contributed by atoms with van der Waals surface area (Å²) in [7, 11) is 1.65. The standard InChI is InChI=1S/C13H19ClN2O2/c1-9-6-11(4-5-12(9)14)7-15-13(18)16(3)8-10(2)17/h4-6,10,17H,7-8H2,1-3H3,(H,15,18). The molecule has 2 amide bonds. The molecule has 0 fully saturated rings. The highest BCUT2D eigenvalue weighted by Crippen LogP contribution is 2.16. The van der Waals surface area contributed by atoms with Crippen molar-refractivity contribution in [2.75, 3.05) is 13.6 Å². The molecule has 0 aromatic heterocycles. The molecule has 0 heterocycles. The van der Waals surface area contributed by atoms with Crippen LogP contribution in [-0.4, -0.2) is 35.7 Å². The van der Waals surface area contributed by atoms with Gasteiger partial charge in [-0.2, -0.15) is 0 Å². The van der Waals surface area contributed by atoms with Crippen molar-refractivity contribution in [1.29, 1.82) is 0 Å². The first kappa shape index (κ1) is 14.8. The number of rotatable bonds is 4. The molecule has 1 aromatic carbocycles. The minimum absolute atomic E-state index is 0.205. The molecule has 0 aliphatic rings. The maximum absolute atomic E-state index is 11.7. The lowest BCUT2D eigenvalue weighted by molar-refractivity contribution is 0.143. The zero-order chi connectivity index (χ0) is 13.7. The fourth-order valence-corrected chi connectivity index (χ4v) is 1.73. The van der Waals surface area contributed by atoms with Crippen LogP contribution in [0.25, 0.3) is 0 Å². The van der Waals surface area contributed by atoms with Crippen LogP contribution in [0.3, 0.4) is 0 Å². The molecule has 0 radical (unpaired) electrons. The second kappa shape index (κ2) is 6.61. The van der Waals surface area contributed by atoms with Gasteiger partial charge in [-0.1, -0.05) is 23.7 Å². The largest absolute Gasteiger partial charge is 0.392 e. The molecule has 2 N–H and O–H groups in total. The number of benzene rings is 1. The second-order valence-corrected chi connectivity index (χ2v) is 4.88. The molecule has 0 spiro atoms. The number of urea groups is 1. The number of amides is 2. The number of aliphatic hydroxyl groups excluding tert-OH is 1. The first-order valence-electron chi connectivity index (χ1n) is 5.82. The number of hydrogen-bond acceptors (Lipinski definition) is 2. The van der Waals surface area contributed by atoms with Crippen LogP contribution in [0.1, 0.15) is 18.1 Å². The Morgan fingerprint density at radius 2 is 2.22 bits per heavy atom. The summed E-state index contributed by atoms with van der Waals surface area (Å²) in [6.45, 7) is 4.33. The van der Waals surface area contributed by atoms with Crippen molar-refractivity contribution in [2.24, 2.45) is 0 Å². The van der Waals surface area contributed by atoms with Gasteiger partial charge < -0.3 is 15.3 Å². The third kappa shape index (κ3) is 4.55. The number of likely N-dealkylation sites (N-methyl/N-ethyl adjacent to an activating group) is 1. The first-order chi connectivity index (χ1) is 8.40. The second-order valence-electron chi connectivity index (χ2n) is 4.47. The number of carbonyl (C=O) groups excluding carboxylic acids is 1. The Hall–Kier alpha value is -1.26. The molecule has 4 nitrogen and oxygen atoms in total. The van der Waals surface area contributed by atoms with Gasteiger partial charge in [0.15, 0.2) is 0 Å². The summed E-state index contributed by atoms with van der Waals surface area (Å²) in [5, 5.41) is 12.7. The van der Waals surface area contributed by atoms with Crippen LogP contribution in [0.2, 0.25) is 5.02 Å². The van der Waals surface area contributed by atoms with Crippen molar-refractivity contribution in [1.82, 2.24) is 10.2 Å². The van der Waals surface area contributed by atoms with E-state index >= 15 is 0 Å². The van der Waals surface area contributed by atoms with E-state index in [4.69, 9.17) is 11.6 Å². The Bertz CT molecular complexity index is 421. The van der Waals surface area contributed by atoms with E-state index in [9.17, 15) is 9.90 Å². The van der Waals surface area contributed by atoms with Gasteiger partial charge in [-0.05, 0) is 31.0 Å². The summed E-state index contributed by atoms with van der Waals surface area (Å²) in [5.74, 6) is 0. The Balaban J connectivity index is 2.49. The molecule has 1 aromatic rings. The lowest BCUT2D eigenvalue weighted by Crippen LogP contribution is -2.40. The summed E-state index contributed by atoms with van der Waals surface area (Å²) in [6, 6.07) is 5.43. The molecule has 18 heavy (non-hydrogen) atoms. The van der Waals surface area contributed by atoms with Gasteiger partial charge in [0.25, 0.3) is 0 Å². The van der Waals surface area contributed by atoms with Crippen molar-refractivity contribution in [3.8, 4) is 0 Å². The molecule has 100 valence electrons. The quantitative estimate of drug-likeness (QED) is 0.881. The van der Waals surface area contributed by atoms with Crippen molar-refractivity contribution >= 4 is 17.6 Å². The number of hydrogen-bond donors (Lipinski definition) is 2. The predicted molar refractivity (Wildman–Crippen MR) is 72.7 cm³/mol. The van der Waals surface area contributed by atoms with Crippen LogP contribution in [0.4, 0.5) is 4.79 Å². The van der Waals surface area contributed by atoms with Gasteiger partial charge in [-0.25, -0.2) is 4.79 Å². The molecular formula is C13H19ClN2O2. The van der Waals surface area contributed by atoms with Gasteiger partial charge in [-0.15, -0.1) is 0 Å². The zero-order valence-corrected chi connectivity index (χ0v) is 11.7. The Morgan fingerprint density at radius 1 is 1.56 bits per heavy atom. The maximum atomic E-state index is 11.7. The topological polar surface area (TPSA) is 52.6 Å². The first-order valence-corrected chi connectivity index (χ1v) is 6.20. The van der Waals surface area contributed by atoms with Crippen LogP contribution < -0.4 is 5.32 Å². The monoisotopic (exact) mass is 270 g/mol. The van der Waals surface area contributed by atoms with Crippen molar-refractivity contribution in [3.05, 3.63) is 34.3 Å². The fraction of sp³-hybridized carbons (Fsp3) is 0.462. The molecule has 1 atom stereocenters. The molecule has 0 aliphatic heterocycles. The lowest BCUT2D eigenvalue weighted by atomic mass is 10.1. The van der Waals surface area contributed by atoms with Gasteiger partial charge in [0.1, 0.15) is 0 Å². The molecule has 1 rings (SSSR count). The Labute approximate surface area is 113 Å². The van der Waals surface area contributed by atoms with E-state index in [1.807, 2.05) is 25.1 Å². The van der Waals surface area contributed by atoms with Crippen LogP contribution in [-0.2, 0) is 6.54 Å². The lowest BCUT2D eigenvalue weighted by Gasteiger charge is -2.19. The summed E-state index contributed by atoms with van der Waals surface area (Å²) in [6.07, 6.45) is -0.529. The third-order valence-electron chi connectivity index (χ3n) is 2.55. The molecule has 0 bridgehead atoms. The fourth-order valence-electron chi connectivity index (χ4n) is 1.61. The number of nitrogens with zero attached hydrogens (tertiary/aromatic N) is 1. The van der Waals surface area contributed by atoms with Gasteiger partial charge in [0.05, 0.1) is 6.10 Å². The SMILES string of the molecule is Cc1cc(CNC(=O)N(C)CC(C)O)ccc1Cl. The number of halogens is 1. The highest BCUT2D eigenvalue weighted by Gasteiger charge is 2.10. The van der Waals surface area contributed by atoms with Crippen molar-refractivity contribution in [2.45, 2.75) is 26.5 Å². The van der Waals surface area contributed by atoms with Crippen molar-refractivity contribution in [3.63, 3.8) is 0 Å². The highest BCUT2D eigenvalue weighted by atomic mass is 35.5. The molecule has 0 saturated heterocycles. The van der Waals surface area contributed by atoms with E-state index in [0.717, 1.165) is 16.1 Å². The average Bonchev–Trinajstić information content (AvgIpc) is 2.29. The number of nitrogens with one attached hydrogen (secondary N) is 1. The minimum atomic E-state index is -0.529. The van der Waals surface area contributed by atoms with Crippen molar-refractivity contribution < 1.29 is 9.90 Å². The minimum Gasteiger partial charge on any atom is -0.392 e. The maximum Gasteiger partial charge on any atom is 0.317 e. The average molecular weight is 271 g/mol. The van der Waals surface area contributed by atoms with Crippen LogP contribution in [0.5, 0.6) is 0 Å². The molecule has 5 heteroatoms. The Kier molecular flexibility index (Phi) is 5.44. The van der Waals surface area contributed by atoms with E-state index in [2.05, 4.69) is 5.32 Å². The van der Waals surface area contributed by atoms with Gasteiger partial charge in [0.2, 0.25) is 0 Å². The van der Waals surface area contributed by atoms with E-state index in [1.165, 1.54) is 4.90 Å². The van der Waals surface area contributed by atoms with E-state index in [-0.39, 0.29) is 6.03 Å². The predicted octanol–water partition coefficient (Wildman–Crippen LogP) is 2.17. The van der Waals surface area contributed by atoms with Gasteiger partial charge >= 0.3 is 6.03 Å². The summed E-state index contributed by atoms with van der Waals surface area (Å²) in [4.78, 5) is 13.1. The summed E-state index contributed by atoms with van der Waals surface area (Å²) < 4.78 is 0. The van der Waals surface area contributed by atoms with Crippen LogP contribution in [0.15, 0.2) is 18.2 Å². The van der Waals surface area contributed by atoms with Crippen LogP contribution in [0, 0.1) is 6.92 Å². The number of carbonyl (C=O) groups is 1. The van der Waals surface area contributed by atoms with E-state index < -0.39 is 6.10 Å². The molecule has 0 aliphatic carbocycles. The van der Waals surface area contributed by atoms with E-state index in [0.29, 0.717) is 13.1 Å². The smallest absolute Gasteiger partial charge is 0.317 e.